The number of rotatable bonds is 6. The second-order valence-electron chi connectivity index (χ2n) is 8.56. The van der Waals surface area contributed by atoms with Crippen molar-refractivity contribution in [3.63, 3.8) is 0 Å². The zero-order chi connectivity index (χ0) is 22.6. The average Bonchev–Trinajstić information content (AvgIpc) is 3.11. The van der Waals surface area contributed by atoms with Crippen molar-refractivity contribution in [2.45, 2.75) is 45.6 Å². The van der Waals surface area contributed by atoms with Crippen LogP contribution >= 0.6 is 11.8 Å². The largest absolute Gasteiger partial charge is 0.521 e. The van der Waals surface area contributed by atoms with E-state index >= 15 is 0 Å². The highest BCUT2D eigenvalue weighted by atomic mass is 32.2. The smallest absolute Gasteiger partial charge is 0.435 e. The number of amides is 2. The molecule has 0 bridgehead atoms. The van der Waals surface area contributed by atoms with E-state index in [2.05, 4.69) is 36.4 Å². The summed E-state index contributed by atoms with van der Waals surface area (Å²) in [5.41, 5.74) is 3.52. The van der Waals surface area contributed by atoms with Crippen molar-refractivity contribution in [1.82, 2.24) is 0 Å². The van der Waals surface area contributed by atoms with Gasteiger partial charge in [-0.05, 0) is 37.0 Å². The molecule has 0 spiro atoms. The Balaban J connectivity index is 1.76. The maximum Gasteiger partial charge on any atom is 0.521 e. The lowest BCUT2D eigenvalue weighted by Gasteiger charge is -2.31. The molecule has 1 aliphatic rings. The number of thioether (sulfide) groups is 1. The quantitative estimate of drug-likeness (QED) is 0.634. The number of carbonyl (C=O) groups is 3. The molecule has 1 saturated heterocycles. The van der Waals surface area contributed by atoms with E-state index < -0.39 is 16.5 Å². The zero-order valence-electron chi connectivity index (χ0n) is 18.3. The first-order valence-electron chi connectivity index (χ1n) is 10.7. The predicted octanol–water partition coefficient (Wildman–Crippen LogP) is 5.09. The molecule has 0 aromatic heterocycles. The van der Waals surface area contributed by atoms with E-state index in [9.17, 15) is 19.5 Å². The van der Waals surface area contributed by atoms with Crippen molar-refractivity contribution in [3.05, 3.63) is 71.3 Å². The highest BCUT2D eigenvalue weighted by Gasteiger charge is 2.57. The van der Waals surface area contributed by atoms with Gasteiger partial charge in [-0.1, -0.05) is 66.4 Å². The Morgan fingerprint density at radius 2 is 1.68 bits per heavy atom. The molecule has 2 unspecified atom stereocenters. The molecule has 2 aromatic rings. The summed E-state index contributed by atoms with van der Waals surface area (Å²) in [6.45, 7) is 5.28. The molecular formula is C25H30NO4S+. The highest BCUT2D eigenvalue weighted by molar-refractivity contribution is 8.13. The van der Waals surface area contributed by atoms with Gasteiger partial charge in [-0.25, -0.2) is 4.79 Å². The number of imide groups is 1. The lowest BCUT2D eigenvalue weighted by atomic mass is 9.94. The first-order valence-corrected chi connectivity index (χ1v) is 11.6. The summed E-state index contributed by atoms with van der Waals surface area (Å²) in [6.07, 6.45) is 0.393. The summed E-state index contributed by atoms with van der Waals surface area (Å²) in [5.74, 6) is -0.489. The van der Waals surface area contributed by atoms with Crippen LogP contribution in [0, 0.1) is 5.92 Å². The molecule has 0 aliphatic carbocycles. The van der Waals surface area contributed by atoms with E-state index in [0.717, 1.165) is 23.7 Å². The van der Waals surface area contributed by atoms with E-state index in [1.165, 1.54) is 18.1 Å². The third-order valence-corrected chi connectivity index (χ3v) is 7.35. The summed E-state index contributed by atoms with van der Waals surface area (Å²) in [5, 5.41) is 10.0. The average molecular weight is 441 g/mol. The lowest BCUT2D eigenvalue weighted by Crippen LogP contribution is -2.60. The maximum absolute atomic E-state index is 13.2. The first-order chi connectivity index (χ1) is 14.7. The molecular weight excluding hydrogens is 410 g/mol. The molecule has 0 radical (unpaired) electrons. The van der Waals surface area contributed by atoms with E-state index in [1.54, 1.807) is 6.92 Å². The second kappa shape index (κ2) is 9.79. The van der Waals surface area contributed by atoms with Crippen LogP contribution in [0.5, 0.6) is 0 Å². The molecule has 1 N–H and O–H groups in total. The molecule has 4 atom stereocenters. The number of carboxylic acid groups (broad SMARTS) is 1. The number of likely N-dealkylation sites (tertiary alicyclic amines) is 1. The van der Waals surface area contributed by atoms with Gasteiger partial charge in [0.25, 0.3) is 0 Å². The van der Waals surface area contributed by atoms with Crippen LogP contribution in [0.4, 0.5) is 4.79 Å². The third-order valence-electron chi connectivity index (χ3n) is 6.28. The van der Waals surface area contributed by atoms with E-state index in [4.69, 9.17) is 0 Å². The maximum atomic E-state index is 13.2. The van der Waals surface area contributed by atoms with Crippen LogP contribution in [-0.2, 0) is 16.0 Å². The lowest BCUT2D eigenvalue weighted by molar-refractivity contribution is -0.794. The normalized spacial score (nSPS) is 24.0. The van der Waals surface area contributed by atoms with Crippen LogP contribution in [0.25, 0.3) is 0 Å². The Hall–Kier alpha value is -2.44. The standard InChI is InChI=1S/C25H29NO4S/c1-17(16-31-19(3)27)24(28)26(25(29)30)15-23(13-18(26)2)22-11-9-21(10-12-22)14-20-7-5-4-6-8-20/h4-12,17-18,23H,13-16H2,1-3H3/p+1/t17?,18?,23-,26-/m0/s1. The Bertz CT molecular complexity index is 944. The second-order valence-corrected chi connectivity index (χ2v) is 9.76. The van der Waals surface area contributed by atoms with Crippen molar-refractivity contribution in [2.24, 2.45) is 5.92 Å². The molecule has 1 fully saturated rings. The van der Waals surface area contributed by atoms with Crippen molar-refractivity contribution in [3.8, 4) is 0 Å². The van der Waals surface area contributed by atoms with Crippen LogP contribution in [0.2, 0.25) is 0 Å². The monoisotopic (exact) mass is 440 g/mol. The molecule has 31 heavy (non-hydrogen) atoms. The Kier molecular flexibility index (Phi) is 7.34. The number of hydrogen-bond donors (Lipinski definition) is 1. The highest BCUT2D eigenvalue weighted by Crippen LogP contribution is 2.39. The van der Waals surface area contributed by atoms with Gasteiger partial charge in [0.1, 0.15) is 12.6 Å². The van der Waals surface area contributed by atoms with E-state index in [1.807, 2.05) is 25.1 Å². The van der Waals surface area contributed by atoms with Crippen LogP contribution in [0.1, 0.15) is 49.8 Å². The summed E-state index contributed by atoms with van der Waals surface area (Å²) in [6, 6.07) is 18.3. The minimum Gasteiger partial charge on any atom is -0.435 e. The summed E-state index contributed by atoms with van der Waals surface area (Å²) >= 11 is 1.07. The topological polar surface area (TPSA) is 71.4 Å². The van der Waals surface area contributed by atoms with Crippen LogP contribution in [0.3, 0.4) is 0 Å². The van der Waals surface area contributed by atoms with E-state index in [-0.39, 0.29) is 29.5 Å². The minimum absolute atomic E-state index is 0.00786. The fourth-order valence-electron chi connectivity index (χ4n) is 4.55. The van der Waals surface area contributed by atoms with Gasteiger partial charge >= 0.3 is 12.0 Å². The van der Waals surface area contributed by atoms with Gasteiger partial charge in [0.05, 0.1) is 5.92 Å². The fraction of sp³-hybridized carbons (Fsp3) is 0.400. The molecule has 3 rings (SSSR count). The summed E-state index contributed by atoms with van der Waals surface area (Å²) in [7, 11) is 0. The number of benzene rings is 2. The van der Waals surface area contributed by atoms with Gasteiger partial charge < -0.3 is 5.11 Å². The molecule has 5 nitrogen and oxygen atoms in total. The zero-order valence-corrected chi connectivity index (χ0v) is 19.1. The molecule has 0 saturated carbocycles. The SMILES string of the molecule is CC(=O)SCC(C)C(=O)[N@+]1(C(=O)O)C[C@@H](c2ccc(Cc3ccccc3)cc2)CC1C. The number of nitrogens with zero attached hydrogens (tertiary/aromatic N) is 1. The van der Waals surface area contributed by atoms with Gasteiger partial charge in [0, 0.05) is 25.0 Å². The minimum atomic E-state index is -1.10. The molecule has 1 aliphatic heterocycles. The first kappa shape index (κ1) is 23.2. The summed E-state index contributed by atoms with van der Waals surface area (Å²) < 4.78 is -0.559. The molecule has 6 heteroatoms. The van der Waals surface area contributed by atoms with Crippen LogP contribution < -0.4 is 0 Å². The van der Waals surface area contributed by atoms with Crippen molar-refractivity contribution in [1.29, 1.82) is 0 Å². The molecule has 1 heterocycles. The fourth-order valence-corrected chi connectivity index (χ4v) is 5.18. The van der Waals surface area contributed by atoms with Crippen molar-refractivity contribution >= 4 is 28.9 Å². The Labute approximate surface area is 188 Å². The molecule has 2 amide bonds. The van der Waals surface area contributed by atoms with Crippen molar-refractivity contribution < 1.29 is 24.0 Å². The Morgan fingerprint density at radius 3 is 2.26 bits per heavy atom. The van der Waals surface area contributed by atoms with Gasteiger partial charge in [-0.15, -0.1) is 0 Å². The van der Waals surface area contributed by atoms with Gasteiger partial charge in [0.15, 0.2) is 5.12 Å². The van der Waals surface area contributed by atoms with Gasteiger partial charge in [-0.2, -0.15) is 9.28 Å². The number of quaternary nitrogens is 1. The predicted molar refractivity (Wildman–Crippen MR) is 123 cm³/mol. The van der Waals surface area contributed by atoms with Gasteiger partial charge in [-0.3, -0.25) is 4.79 Å². The molecule has 164 valence electrons. The summed E-state index contributed by atoms with van der Waals surface area (Å²) in [4.78, 5) is 36.8. The van der Waals surface area contributed by atoms with E-state index in [0.29, 0.717) is 12.2 Å². The van der Waals surface area contributed by atoms with Crippen molar-refractivity contribution in [2.75, 3.05) is 12.3 Å². The third kappa shape index (κ3) is 5.08. The van der Waals surface area contributed by atoms with Crippen LogP contribution in [-0.4, -0.2) is 45.0 Å². The van der Waals surface area contributed by atoms with Crippen LogP contribution in [0.15, 0.2) is 54.6 Å². The number of carbonyl (C=O) groups excluding carboxylic acids is 2. The van der Waals surface area contributed by atoms with Gasteiger partial charge in [0.2, 0.25) is 0 Å². The molecule has 2 aromatic carbocycles. The number of hydrogen-bond acceptors (Lipinski definition) is 4. The Morgan fingerprint density at radius 1 is 1.06 bits per heavy atom.